The molecule has 0 radical (unpaired) electrons. The number of benzene rings is 2. The highest BCUT2D eigenvalue weighted by Crippen LogP contribution is 2.34. The highest BCUT2D eigenvalue weighted by molar-refractivity contribution is 7.99. The van der Waals surface area contributed by atoms with Crippen LogP contribution in [0.2, 0.25) is 5.02 Å². The summed E-state index contributed by atoms with van der Waals surface area (Å²) in [4.78, 5) is 4.50. The zero-order valence-electron chi connectivity index (χ0n) is 14.7. The van der Waals surface area contributed by atoms with Crippen LogP contribution in [0, 0.1) is 12.7 Å². The number of thioether (sulfide) groups is 1. The minimum atomic E-state index is -4.26. The van der Waals surface area contributed by atoms with Gasteiger partial charge < -0.3 is 9.80 Å². The number of halogens is 5. The summed E-state index contributed by atoms with van der Waals surface area (Å²) >= 11 is 6.73. The van der Waals surface area contributed by atoms with Crippen molar-refractivity contribution >= 4 is 34.7 Å². The van der Waals surface area contributed by atoms with Gasteiger partial charge in [-0.05, 0) is 42.8 Å². The molecule has 0 amide bonds. The molecule has 0 saturated carbocycles. The second-order valence-electron chi connectivity index (χ2n) is 6.43. The average Bonchev–Trinajstić information content (AvgIpc) is 2.60. The predicted octanol–water partition coefficient (Wildman–Crippen LogP) is 5.77. The third-order valence-corrected chi connectivity index (χ3v) is 5.89. The van der Waals surface area contributed by atoms with Crippen LogP contribution in [0.1, 0.15) is 5.56 Å². The SMILES string of the molecule is Cc1cc(F)c(N2CCN(c3cccc(Cl)c3)CC2)cc1SCC(F)(F)F. The Morgan fingerprint density at radius 1 is 1.04 bits per heavy atom. The summed E-state index contributed by atoms with van der Waals surface area (Å²) in [6, 6.07) is 10.4. The molecule has 146 valence electrons. The fourth-order valence-electron chi connectivity index (χ4n) is 3.08. The lowest BCUT2D eigenvalue weighted by Gasteiger charge is -2.37. The molecule has 1 aliphatic rings. The molecule has 2 aromatic rings. The molecule has 0 spiro atoms. The maximum Gasteiger partial charge on any atom is 0.398 e. The van der Waals surface area contributed by atoms with E-state index in [9.17, 15) is 17.6 Å². The lowest BCUT2D eigenvalue weighted by molar-refractivity contribution is -0.105. The van der Waals surface area contributed by atoms with Crippen molar-refractivity contribution in [1.82, 2.24) is 0 Å². The molecule has 27 heavy (non-hydrogen) atoms. The van der Waals surface area contributed by atoms with Crippen molar-refractivity contribution in [3.8, 4) is 0 Å². The van der Waals surface area contributed by atoms with Crippen LogP contribution < -0.4 is 9.80 Å². The summed E-state index contributed by atoms with van der Waals surface area (Å²) in [6.45, 7) is 4.14. The number of anilines is 2. The second kappa shape index (κ2) is 8.19. The molecule has 0 aromatic heterocycles. The molecule has 0 unspecified atom stereocenters. The molecule has 0 bridgehead atoms. The number of piperazine rings is 1. The van der Waals surface area contributed by atoms with Gasteiger partial charge in [-0.3, -0.25) is 0 Å². The second-order valence-corrected chi connectivity index (χ2v) is 7.88. The van der Waals surface area contributed by atoms with E-state index < -0.39 is 17.7 Å². The van der Waals surface area contributed by atoms with E-state index in [1.807, 2.05) is 29.2 Å². The fourth-order valence-corrected chi connectivity index (χ4v) is 4.06. The molecule has 1 saturated heterocycles. The number of nitrogens with zero attached hydrogens (tertiary/aromatic N) is 2. The first-order valence-corrected chi connectivity index (χ1v) is 9.84. The molecular formula is C19H19ClF4N2S. The van der Waals surface area contributed by atoms with Crippen LogP contribution in [0.5, 0.6) is 0 Å². The zero-order chi connectivity index (χ0) is 19.6. The summed E-state index contributed by atoms with van der Waals surface area (Å²) in [5.41, 5.74) is 1.88. The fraction of sp³-hybridized carbons (Fsp3) is 0.368. The molecule has 2 aromatic carbocycles. The highest BCUT2D eigenvalue weighted by atomic mass is 35.5. The lowest BCUT2D eigenvalue weighted by Crippen LogP contribution is -2.46. The molecule has 8 heteroatoms. The van der Waals surface area contributed by atoms with Gasteiger partial charge in [-0.2, -0.15) is 13.2 Å². The number of hydrogen-bond donors (Lipinski definition) is 0. The van der Waals surface area contributed by atoms with Crippen molar-refractivity contribution < 1.29 is 17.6 Å². The Hall–Kier alpha value is -1.60. The third-order valence-electron chi connectivity index (χ3n) is 4.43. The van der Waals surface area contributed by atoms with E-state index in [0.717, 1.165) is 5.69 Å². The average molecular weight is 419 g/mol. The predicted molar refractivity (Wildman–Crippen MR) is 104 cm³/mol. The van der Waals surface area contributed by atoms with Crippen molar-refractivity contribution in [2.75, 3.05) is 41.7 Å². The zero-order valence-corrected chi connectivity index (χ0v) is 16.3. The van der Waals surface area contributed by atoms with Gasteiger partial charge in [0.2, 0.25) is 0 Å². The van der Waals surface area contributed by atoms with Gasteiger partial charge >= 0.3 is 6.18 Å². The van der Waals surface area contributed by atoms with Crippen molar-refractivity contribution in [1.29, 1.82) is 0 Å². The largest absolute Gasteiger partial charge is 0.398 e. The van der Waals surface area contributed by atoms with Gasteiger partial charge in [0.15, 0.2) is 0 Å². The van der Waals surface area contributed by atoms with Crippen molar-refractivity contribution in [2.24, 2.45) is 0 Å². The first-order valence-electron chi connectivity index (χ1n) is 8.48. The molecular weight excluding hydrogens is 400 g/mol. The molecule has 2 nitrogen and oxygen atoms in total. The highest BCUT2D eigenvalue weighted by Gasteiger charge is 2.28. The van der Waals surface area contributed by atoms with E-state index >= 15 is 0 Å². The van der Waals surface area contributed by atoms with Gasteiger partial charge in [0.25, 0.3) is 0 Å². The molecule has 1 aliphatic heterocycles. The van der Waals surface area contributed by atoms with Crippen LogP contribution in [0.15, 0.2) is 41.3 Å². The van der Waals surface area contributed by atoms with E-state index in [1.165, 1.54) is 12.1 Å². The van der Waals surface area contributed by atoms with Crippen molar-refractivity contribution in [2.45, 2.75) is 18.0 Å². The summed E-state index contributed by atoms with van der Waals surface area (Å²) < 4.78 is 52.0. The smallest absolute Gasteiger partial charge is 0.368 e. The van der Waals surface area contributed by atoms with Crippen molar-refractivity contribution in [3.63, 3.8) is 0 Å². The molecule has 0 atom stereocenters. The van der Waals surface area contributed by atoms with Gasteiger partial charge in [0.1, 0.15) is 5.82 Å². The maximum absolute atomic E-state index is 14.5. The Morgan fingerprint density at radius 3 is 2.33 bits per heavy atom. The van der Waals surface area contributed by atoms with Crippen LogP contribution in [0.4, 0.5) is 28.9 Å². The normalized spacial score (nSPS) is 15.3. The Balaban J connectivity index is 1.71. The van der Waals surface area contributed by atoms with Crippen LogP contribution in [0.3, 0.4) is 0 Å². The monoisotopic (exact) mass is 418 g/mol. The van der Waals surface area contributed by atoms with Gasteiger partial charge in [-0.25, -0.2) is 4.39 Å². The van der Waals surface area contributed by atoms with E-state index in [2.05, 4.69) is 4.90 Å². The van der Waals surface area contributed by atoms with Crippen LogP contribution in [0.25, 0.3) is 0 Å². The van der Waals surface area contributed by atoms with Gasteiger partial charge in [0.05, 0.1) is 11.4 Å². The third kappa shape index (κ3) is 5.23. The number of hydrogen-bond acceptors (Lipinski definition) is 3. The topological polar surface area (TPSA) is 6.48 Å². The molecule has 3 rings (SSSR count). The first-order chi connectivity index (χ1) is 12.7. The summed E-state index contributed by atoms with van der Waals surface area (Å²) in [5, 5.41) is 0.658. The first kappa shape index (κ1) is 20.1. The lowest BCUT2D eigenvalue weighted by atomic mass is 10.1. The van der Waals surface area contributed by atoms with E-state index in [1.54, 1.807) is 6.92 Å². The summed E-state index contributed by atoms with van der Waals surface area (Å²) in [7, 11) is 0. The van der Waals surface area contributed by atoms with E-state index in [0.29, 0.717) is 59.1 Å². The van der Waals surface area contributed by atoms with Gasteiger partial charge in [-0.15, -0.1) is 11.8 Å². The van der Waals surface area contributed by atoms with E-state index in [4.69, 9.17) is 11.6 Å². The molecule has 1 heterocycles. The number of alkyl halides is 3. The quantitative estimate of drug-likeness (QED) is 0.460. The Morgan fingerprint density at radius 2 is 1.70 bits per heavy atom. The minimum Gasteiger partial charge on any atom is -0.368 e. The Kier molecular flexibility index (Phi) is 6.11. The number of aryl methyl sites for hydroxylation is 1. The van der Waals surface area contributed by atoms with Crippen molar-refractivity contribution in [3.05, 3.63) is 52.8 Å². The Labute approximate surface area is 165 Å². The van der Waals surface area contributed by atoms with Crippen LogP contribution in [-0.2, 0) is 0 Å². The standard InChI is InChI=1S/C19H19ClF4N2S/c1-13-9-16(21)17(11-18(13)27-12-19(22,23)24)26-7-5-25(6-8-26)15-4-2-3-14(20)10-15/h2-4,9-11H,5-8,12H2,1H3. The minimum absolute atomic E-state index is 0.357. The van der Waals surface area contributed by atoms with E-state index in [-0.39, 0.29) is 0 Å². The summed E-state index contributed by atoms with van der Waals surface area (Å²) in [6.07, 6.45) is -4.26. The van der Waals surface area contributed by atoms with Gasteiger partial charge in [0, 0.05) is 41.8 Å². The maximum atomic E-state index is 14.5. The van der Waals surface area contributed by atoms with Crippen LogP contribution >= 0.6 is 23.4 Å². The summed E-state index contributed by atoms with van der Waals surface area (Å²) in [5.74, 6) is -1.39. The molecule has 0 aliphatic carbocycles. The number of rotatable bonds is 4. The van der Waals surface area contributed by atoms with Gasteiger partial charge in [-0.1, -0.05) is 17.7 Å². The van der Waals surface area contributed by atoms with Crippen LogP contribution in [-0.4, -0.2) is 38.1 Å². The molecule has 0 N–H and O–H groups in total. The Bertz CT molecular complexity index is 805. The molecule has 1 fully saturated rings.